The van der Waals surface area contributed by atoms with Crippen LogP contribution in [0, 0.1) is 0 Å². The Morgan fingerprint density at radius 2 is 1.72 bits per heavy atom. The van der Waals surface area contributed by atoms with E-state index in [4.69, 9.17) is 0 Å². The maximum absolute atomic E-state index is 12.4. The lowest BCUT2D eigenvalue weighted by molar-refractivity contribution is -0.137. The van der Waals surface area contributed by atoms with E-state index < -0.39 is 11.7 Å². The second kappa shape index (κ2) is 4.32. The van der Waals surface area contributed by atoms with Crippen LogP contribution in [-0.4, -0.2) is 24.9 Å². The second-order valence-electron chi connectivity index (χ2n) is 3.80. The molecule has 0 aromatic heterocycles. The van der Waals surface area contributed by atoms with Gasteiger partial charge in [-0.3, -0.25) is 9.59 Å². The van der Waals surface area contributed by atoms with Crippen molar-refractivity contribution >= 4 is 17.5 Å². The fourth-order valence-electron chi connectivity index (χ4n) is 1.62. The molecule has 7 heteroatoms. The number of alkyl halides is 3. The van der Waals surface area contributed by atoms with Crippen molar-refractivity contribution in [1.82, 2.24) is 5.32 Å². The Labute approximate surface area is 100 Å². The standard InChI is InChI=1S/C11H9F3N2O2/c12-11(13,14)7-1-3-8(4-2-7)16-6-9(17)15-5-10(16)18/h1-4H,5-6H2,(H,15,17). The summed E-state index contributed by atoms with van der Waals surface area (Å²) >= 11 is 0. The Bertz CT molecular complexity index is 482. The van der Waals surface area contributed by atoms with E-state index in [0.717, 1.165) is 17.0 Å². The van der Waals surface area contributed by atoms with Gasteiger partial charge in [0.2, 0.25) is 11.8 Å². The molecule has 2 amide bonds. The van der Waals surface area contributed by atoms with Gasteiger partial charge in [0.15, 0.2) is 0 Å². The number of amides is 2. The molecule has 4 nitrogen and oxygen atoms in total. The molecule has 2 rings (SSSR count). The number of benzene rings is 1. The Kier molecular flexibility index (Phi) is 2.98. The number of nitrogens with one attached hydrogen (secondary N) is 1. The molecule has 0 aliphatic carbocycles. The molecule has 1 heterocycles. The summed E-state index contributed by atoms with van der Waals surface area (Å²) in [7, 11) is 0. The van der Waals surface area contributed by atoms with Crippen LogP contribution in [0.25, 0.3) is 0 Å². The molecule has 0 radical (unpaired) electrons. The number of piperazine rings is 1. The summed E-state index contributed by atoms with van der Waals surface area (Å²) < 4.78 is 37.1. The van der Waals surface area contributed by atoms with E-state index >= 15 is 0 Å². The van der Waals surface area contributed by atoms with Crippen molar-refractivity contribution in [2.24, 2.45) is 0 Å². The summed E-state index contributed by atoms with van der Waals surface area (Å²) in [5, 5.41) is 2.36. The van der Waals surface area contributed by atoms with Crippen molar-refractivity contribution < 1.29 is 22.8 Å². The van der Waals surface area contributed by atoms with Gasteiger partial charge < -0.3 is 10.2 Å². The third-order valence-electron chi connectivity index (χ3n) is 2.55. The van der Waals surface area contributed by atoms with E-state index in [9.17, 15) is 22.8 Å². The molecular formula is C11H9F3N2O2. The van der Waals surface area contributed by atoms with Gasteiger partial charge in [0.1, 0.15) is 6.54 Å². The van der Waals surface area contributed by atoms with Crippen LogP contribution in [0.3, 0.4) is 0 Å². The van der Waals surface area contributed by atoms with Gasteiger partial charge in [-0.05, 0) is 24.3 Å². The minimum atomic E-state index is -4.41. The molecule has 1 N–H and O–H groups in total. The number of halogens is 3. The number of nitrogens with zero attached hydrogens (tertiary/aromatic N) is 1. The SMILES string of the molecule is O=C1CN(c2ccc(C(F)(F)F)cc2)C(=O)CN1. The Morgan fingerprint density at radius 1 is 1.11 bits per heavy atom. The molecule has 1 aliphatic heterocycles. The summed E-state index contributed by atoms with van der Waals surface area (Å²) in [6, 6.07) is 4.13. The fraction of sp³-hybridized carbons (Fsp3) is 0.273. The zero-order valence-electron chi connectivity index (χ0n) is 9.12. The summed E-state index contributed by atoms with van der Waals surface area (Å²) in [6.07, 6.45) is -4.41. The smallest absolute Gasteiger partial charge is 0.345 e. The van der Waals surface area contributed by atoms with Gasteiger partial charge in [-0.2, -0.15) is 13.2 Å². The number of carbonyl (C=O) groups excluding carboxylic acids is 2. The quantitative estimate of drug-likeness (QED) is 0.822. The van der Waals surface area contributed by atoms with Crippen LogP contribution in [0.15, 0.2) is 24.3 Å². The minimum Gasteiger partial charge on any atom is -0.345 e. The molecule has 1 fully saturated rings. The Morgan fingerprint density at radius 3 is 2.28 bits per heavy atom. The van der Waals surface area contributed by atoms with Crippen LogP contribution in [0.1, 0.15) is 5.56 Å². The first-order valence-electron chi connectivity index (χ1n) is 5.12. The van der Waals surface area contributed by atoms with E-state index in [1.807, 2.05) is 0 Å². The third-order valence-corrected chi connectivity index (χ3v) is 2.55. The van der Waals surface area contributed by atoms with E-state index in [2.05, 4.69) is 5.32 Å². The van der Waals surface area contributed by atoms with Crippen molar-refractivity contribution in [3.05, 3.63) is 29.8 Å². The van der Waals surface area contributed by atoms with Crippen molar-refractivity contribution in [3.63, 3.8) is 0 Å². The molecule has 0 saturated carbocycles. The highest BCUT2D eigenvalue weighted by Gasteiger charge is 2.31. The lowest BCUT2D eigenvalue weighted by atomic mass is 10.1. The van der Waals surface area contributed by atoms with E-state index in [-0.39, 0.29) is 30.6 Å². The molecule has 0 bridgehead atoms. The second-order valence-corrected chi connectivity index (χ2v) is 3.80. The third kappa shape index (κ3) is 2.44. The van der Waals surface area contributed by atoms with Gasteiger partial charge in [0, 0.05) is 5.69 Å². The number of carbonyl (C=O) groups is 2. The monoisotopic (exact) mass is 258 g/mol. The van der Waals surface area contributed by atoms with Gasteiger partial charge in [-0.25, -0.2) is 0 Å². The molecule has 96 valence electrons. The lowest BCUT2D eigenvalue weighted by Crippen LogP contribution is -2.51. The van der Waals surface area contributed by atoms with Gasteiger partial charge in [-0.1, -0.05) is 0 Å². The minimum absolute atomic E-state index is 0.139. The average Bonchev–Trinajstić information content (AvgIpc) is 2.31. The van der Waals surface area contributed by atoms with Gasteiger partial charge >= 0.3 is 6.18 Å². The highest BCUT2D eigenvalue weighted by molar-refractivity contribution is 6.04. The van der Waals surface area contributed by atoms with Gasteiger partial charge in [0.05, 0.1) is 12.1 Å². The highest BCUT2D eigenvalue weighted by atomic mass is 19.4. The lowest BCUT2D eigenvalue weighted by Gasteiger charge is -2.26. The van der Waals surface area contributed by atoms with Crippen molar-refractivity contribution in [2.75, 3.05) is 18.0 Å². The predicted molar refractivity (Wildman–Crippen MR) is 56.8 cm³/mol. The molecule has 1 saturated heterocycles. The van der Waals surface area contributed by atoms with E-state index in [0.29, 0.717) is 0 Å². The Hall–Kier alpha value is -2.05. The number of anilines is 1. The van der Waals surface area contributed by atoms with Crippen molar-refractivity contribution in [3.8, 4) is 0 Å². The van der Waals surface area contributed by atoms with Crippen LogP contribution in [0.5, 0.6) is 0 Å². The molecule has 1 aromatic carbocycles. The van der Waals surface area contributed by atoms with Crippen LogP contribution in [0.2, 0.25) is 0 Å². The highest BCUT2D eigenvalue weighted by Crippen LogP contribution is 2.30. The first-order chi connectivity index (χ1) is 8.38. The molecule has 0 atom stereocenters. The first kappa shape index (κ1) is 12.4. The van der Waals surface area contributed by atoms with Crippen LogP contribution in [0.4, 0.5) is 18.9 Å². The van der Waals surface area contributed by atoms with Crippen molar-refractivity contribution in [1.29, 1.82) is 0 Å². The fourth-order valence-corrected chi connectivity index (χ4v) is 1.62. The zero-order chi connectivity index (χ0) is 13.3. The van der Waals surface area contributed by atoms with E-state index in [1.165, 1.54) is 12.1 Å². The molecule has 1 aromatic rings. The number of rotatable bonds is 1. The topological polar surface area (TPSA) is 49.4 Å². The summed E-state index contributed by atoms with van der Waals surface area (Å²) in [6.45, 7) is -0.315. The van der Waals surface area contributed by atoms with Crippen LogP contribution in [-0.2, 0) is 15.8 Å². The molecule has 18 heavy (non-hydrogen) atoms. The average molecular weight is 258 g/mol. The number of hydrogen-bond acceptors (Lipinski definition) is 2. The summed E-state index contributed by atoms with van der Waals surface area (Å²) in [4.78, 5) is 23.8. The van der Waals surface area contributed by atoms with Crippen LogP contribution < -0.4 is 10.2 Å². The summed E-state index contributed by atoms with van der Waals surface area (Å²) in [5.74, 6) is -0.691. The predicted octanol–water partition coefficient (Wildman–Crippen LogP) is 1.17. The maximum Gasteiger partial charge on any atom is 0.416 e. The largest absolute Gasteiger partial charge is 0.416 e. The number of hydrogen-bond donors (Lipinski definition) is 1. The Balaban J connectivity index is 2.23. The van der Waals surface area contributed by atoms with Crippen molar-refractivity contribution in [2.45, 2.75) is 6.18 Å². The van der Waals surface area contributed by atoms with Crippen LogP contribution >= 0.6 is 0 Å². The molecular weight excluding hydrogens is 249 g/mol. The molecule has 0 spiro atoms. The van der Waals surface area contributed by atoms with Gasteiger partial charge in [-0.15, -0.1) is 0 Å². The maximum atomic E-state index is 12.4. The zero-order valence-corrected chi connectivity index (χ0v) is 9.12. The van der Waals surface area contributed by atoms with Gasteiger partial charge in [0.25, 0.3) is 0 Å². The first-order valence-corrected chi connectivity index (χ1v) is 5.12. The molecule has 1 aliphatic rings. The van der Waals surface area contributed by atoms with E-state index in [1.54, 1.807) is 0 Å². The molecule has 0 unspecified atom stereocenters. The summed E-state index contributed by atoms with van der Waals surface area (Å²) in [5.41, 5.74) is -0.511. The normalized spacial score (nSPS) is 16.7.